The topological polar surface area (TPSA) is 52.9 Å². The lowest BCUT2D eigenvalue weighted by molar-refractivity contribution is -0.693. The lowest BCUT2D eigenvalue weighted by Crippen LogP contribution is -2.31. The van der Waals surface area contributed by atoms with Crippen LogP contribution >= 0.6 is 0 Å². The van der Waals surface area contributed by atoms with Crippen molar-refractivity contribution in [2.24, 2.45) is 0 Å². The molecule has 0 saturated heterocycles. The van der Waals surface area contributed by atoms with Crippen LogP contribution < -0.4 is 27.4 Å². The molecular formula is C36H48N12+6. The Hall–Kier alpha value is -5.52. The summed E-state index contributed by atoms with van der Waals surface area (Å²) in [6.07, 6.45) is 39.2. The van der Waals surface area contributed by atoms with Crippen LogP contribution in [-0.4, -0.2) is 27.4 Å². The van der Waals surface area contributed by atoms with Gasteiger partial charge in [0.1, 0.15) is 74.4 Å². The third kappa shape index (κ3) is 5.36. The second-order valence-electron chi connectivity index (χ2n) is 12.0. The van der Waals surface area contributed by atoms with E-state index in [1.807, 2.05) is 0 Å². The summed E-state index contributed by atoms with van der Waals surface area (Å²) in [5.74, 6) is 0. The zero-order valence-electron chi connectivity index (χ0n) is 29.0. The fraction of sp³-hybridized carbons (Fsp3) is 0.333. The van der Waals surface area contributed by atoms with Gasteiger partial charge in [-0.15, -0.1) is 0 Å². The van der Waals surface area contributed by atoms with Crippen molar-refractivity contribution >= 4 is 0 Å². The summed E-state index contributed by atoms with van der Waals surface area (Å²) in [7, 11) is 0. The minimum atomic E-state index is 0.872. The number of hydrogen-bond acceptors (Lipinski definition) is 0. The summed E-state index contributed by atoms with van der Waals surface area (Å²) >= 11 is 0. The molecule has 7 aromatic rings. The van der Waals surface area contributed by atoms with Gasteiger partial charge in [-0.25, -0.2) is 27.4 Å². The molecule has 0 fully saturated rings. The lowest BCUT2D eigenvalue weighted by atomic mass is 10.1. The number of aromatic nitrogens is 12. The molecule has 1 aromatic carbocycles. The van der Waals surface area contributed by atoms with E-state index >= 15 is 0 Å². The molecule has 0 atom stereocenters. The van der Waals surface area contributed by atoms with Gasteiger partial charge in [0.05, 0.1) is 39.3 Å². The van der Waals surface area contributed by atoms with Gasteiger partial charge in [0.2, 0.25) is 72.1 Å². The summed E-state index contributed by atoms with van der Waals surface area (Å²) in [6.45, 7) is 18.3. The van der Waals surface area contributed by atoms with E-state index in [2.05, 4.69) is 209 Å². The summed E-state index contributed by atoms with van der Waals surface area (Å²) in [4.78, 5) is 0. The maximum atomic E-state index is 2.29. The molecule has 0 aliphatic rings. The quantitative estimate of drug-likeness (QED) is 0.183. The summed E-state index contributed by atoms with van der Waals surface area (Å²) in [5.41, 5.74) is 6.40. The Labute approximate surface area is 281 Å². The number of aryl methyl sites for hydroxylation is 6. The zero-order chi connectivity index (χ0) is 33.4. The Balaban J connectivity index is 1.77. The van der Waals surface area contributed by atoms with Crippen molar-refractivity contribution in [3.63, 3.8) is 0 Å². The SMILES string of the molecule is CC[n+]1ccn(-c2c(-n3cc[n+](CC)c3)c(-n3cc[n+](CC)c3)c(-n3cc[n+](CC)c3)c(-n3cc[n+](CC)c3)c2-n2cc[n+](CC)c2)c1. The van der Waals surface area contributed by atoms with Crippen LogP contribution in [0.25, 0.3) is 34.1 Å². The average molecular weight is 649 g/mol. The first kappa shape index (κ1) is 31.1. The van der Waals surface area contributed by atoms with Gasteiger partial charge in [-0.2, -0.15) is 27.4 Å². The maximum Gasteiger partial charge on any atom is 0.249 e. The highest BCUT2D eigenvalue weighted by Crippen LogP contribution is 2.42. The largest absolute Gasteiger partial charge is 0.249 e. The van der Waals surface area contributed by atoms with Gasteiger partial charge in [-0.3, -0.25) is 0 Å². The lowest BCUT2D eigenvalue weighted by Gasteiger charge is -2.15. The van der Waals surface area contributed by atoms with Crippen molar-refractivity contribution in [1.82, 2.24) is 27.4 Å². The van der Waals surface area contributed by atoms with E-state index in [1.54, 1.807) is 0 Å². The monoisotopic (exact) mass is 648 g/mol. The number of hydrogen-bond donors (Lipinski definition) is 0. The molecule has 0 amide bonds. The molecule has 0 N–H and O–H groups in total. The third-order valence-corrected chi connectivity index (χ3v) is 9.23. The van der Waals surface area contributed by atoms with Crippen LogP contribution in [0, 0.1) is 0 Å². The fourth-order valence-corrected chi connectivity index (χ4v) is 6.42. The maximum absolute atomic E-state index is 2.29. The van der Waals surface area contributed by atoms with Crippen molar-refractivity contribution in [2.75, 3.05) is 0 Å². The molecule has 6 heterocycles. The standard InChI is InChI=1S/C36H48N12/c1-7-37-13-19-43(25-37)31-32(44-20-14-38(8-2)26-44)34(46-22-16-40(10-4)28-46)36(48-24-18-42(12-6)30-48)35(47-23-17-41(11-5)29-47)33(31)45-21-15-39(9-3)27-45/h13-30H,7-12H2,1-6H3/q+6. The van der Waals surface area contributed by atoms with E-state index in [1.165, 1.54) is 0 Å². The first-order chi connectivity index (χ1) is 23.5. The van der Waals surface area contributed by atoms with E-state index in [9.17, 15) is 0 Å². The van der Waals surface area contributed by atoms with Gasteiger partial charge < -0.3 is 0 Å². The fourth-order valence-electron chi connectivity index (χ4n) is 6.42. The van der Waals surface area contributed by atoms with Crippen LogP contribution in [-0.2, 0) is 39.3 Å². The zero-order valence-corrected chi connectivity index (χ0v) is 29.0. The van der Waals surface area contributed by atoms with Crippen LogP contribution in [0.3, 0.4) is 0 Å². The molecule has 246 valence electrons. The first-order valence-electron chi connectivity index (χ1n) is 17.2. The highest BCUT2D eigenvalue weighted by molar-refractivity contribution is 5.87. The molecular weight excluding hydrogens is 600 g/mol. The molecule has 0 unspecified atom stereocenters. The Morgan fingerprint density at radius 1 is 0.292 bits per heavy atom. The Bertz CT molecular complexity index is 1760. The van der Waals surface area contributed by atoms with Gasteiger partial charge >= 0.3 is 0 Å². The van der Waals surface area contributed by atoms with Crippen molar-refractivity contribution < 1.29 is 27.4 Å². The summed E-state index contributed by atoms with van der Waals surface area (Å²) in [5, 5.41) is 0. The molecule has 0 aliphatic carbocycles. The average Bonchev–Trinajstić information content (AvgIpc) is 3.97. The summed E-state index contributed by atoms with van der Waals surface area (Å²) < 4.78 is 27.1. The molecule has 7 rings (SSSR count). The number of benzene rings is 1. The van der Waals surface area contributed by atoms with E-state index in [4.69, 9.17) is 0 Å². The third-order valence-electron chi connectivity index (χ3n) is 9.23. The van der Waals surface area contributed by atoms with E-state index in [0.29, 0.717) is 0 Å². The van der Waals surface area contributed by atoms with Crippen LogP contribution in [0.15, 0.2) is 112 Å². The predicted molar refractivity (Wildman–Crippen MR) is 178 cm³/mol. The molecule has 0 bridgehead atoms. The van der Waals surface area contributed by atoms with Crippen LogP contribution in [0.4, 0.5) is 0 Å². The van der Waals surface area contributed by atoms with E-state index in [-0.39, 0.29) is 0 Å². The second kappa shape index (κ2) is 12.9. The van der Waals surface area contributed by atoms with Crippen molar-refractivity contribution in [1.29, 1.82) is 0 Å². The second-order valence-corrected chi connectivity index (χ2v) is 12.0. The molecule has 6 aromatic heterocycles. The first-order valence-corrected chi connectivity index (χ1v) is 17.2. The number of imidazole rings is 6. The highest BCUT2D eigenvalue weighted by atomic mass is 15.3. The number of nitrogens with zero attached hydrogens (tertiary/aromatic N) is 12. The molecule has 0 radical (unpaired) electrons. The van der Waals surface area contributed by atoms with Gasteiger partial charge in [-0.1, -0.05) is 0 Å². The minimum Gasteiger partial charge on any atom is -0.237 e. The molecule has 12 heteroatoms. The van der Waals surface area contributed by atoms with E-state index in [0.717, 1.165) is 73.4 Å². The van der Waals surface area contributed by atoms with Crippen molar-refractivity contribution in [3.8, 4) is 34.1 Å². The van der Waals surface area contributed by atoms with Gasteiger partial charge in [0.15, 0.2) is 0 Å². The minimum absolute atomic E-state index is 0.872. The predicted octanol–water partition coefficient (Wildman–Crippen LogP) is 2.28. The van der Waals surface area contributed by atoms with Crippen molar-refractivity contribution in [2.45, 2.75) is 80.8 Å². The molecule has 0 saturated carbocycles. The molecule has 0 aliphatic heterocycles. The van der Waals surface area contributed by atoms with Gasteiger partial charge in [0.25, 0.3) is 0 Å². The van der Waals surface area contributed by atoms with E-state index < -0.39 is 0 Å². The van der Waals surface area contributed by atoms with Crippen molar-refractivity contribution in [3.05, 3.63) is 112 Å². The highest BCUT2D eigenvalue weighted by Gasteiger charge is 2.43. The van der Waals surface area contributed by atoms with Crippen LogP contribution in [0.5, 0.6) is 0 Å². The Morgan fingerprint density at radius 2 is 0.438 bits per heavy atom. The number of rotatable bonds is 12. The summed E-state index contributed by atoms with van der Waals surface area (Å²) in [6, 6.07) is 0. The smallest absolute Gasteiger partial charge is 0.237 e. The van der Waals surface area contributed by atoms with Gasteiger partial charge in [0, 0.05) is 0 Å². The normalized spacial score (nSPS) is 11.6. The Morgan fingerprint density at radius 3 is 0.542 bits per heavy atom. The molecule has 12 nitrogen and oxygen atoms in total. The van der Waals surface area contributed by atoms with Crippen LogP contribution in [0.1, 0.15) is 41.5 Å². The van der Waals surface area contributed by atoms with Gasteiger partial charge in [-0.05, 0) is 41.5 Å². The Kier molecular flexibility index (Phi) is 8.38. The molecule has 0 spiro atoms. The van der Waals surface area contributed by atoms with Crippen LogP contribution in [0.2, 0.25) is 0 Å². The molecule has 48 heavy (non-hydrogen) atoms.